The van der Waals surface area contributed by atoms with Crippen molar-refractivity contribution in [2.24, 2.45) is 0 Å². The van der Waals surface area contributed by atoms with Crippen molar-refractivity contribution in [2.75, 3.05) is 25.7 Å². The maximum absolute atomic E-state index is 13.7. The largest absolute Gasteiger partial charge is 0.493 e. The Labute approximate surface area is 205 Å². The highest BCUT2D eigenvalue weighted by molar-refractivity contribution is 6.18. The molecular formula is C27H31N3O5. The predicted octanol–water partition coefficient (Wildman–Crippen LogP) is 4.05. The first-order valence-corrected chi connectivity index (χ1v) is 12.3. The molecule has 35 heavy (non-hydrogen) atoms. The van der Waals surface area contributed by atoms with Gasteiger partial charge in [-0.15, -0.1) is 0 Å². The summed E-state index contributed by atoms with van der Waals surface area (Å²) >= 11 is 0. The molecule has 0 spiro atoms. The van der Waals surface area contributed by atoms with E-state index in [0.717, 1.165) is 25.7 Å². The van der Waals surface area contributed by atoms with E-state index >= 15 is 0 Å². The number of benzene rings is 2. The SMILES string of the molecule is COc1ccc2c(c1OC)C(=O)N1c3ccccc3C(=O)N(CCC(=O)NC3CCCCCC3)[C@@H]21. The van der Waals surface area contributed by atoms with Crippen LogP contribution >= 0.6 is 0 Å². The summed E-state index contributed by atoms with van der Waals surface area (Å²) in [5, 5.41) is 3.16. The fourth-order valence-corrected chi connectivity index (χ4v) is 5.60. The van der Waals surface area contributed by atoms with Gasteiger partial charge in [0, 0.05) is 24.6 Å². The van der Waals surface area contributed by atoms with Gasteiger partial charge in [0.2, 0.25) is 5.91 Å². The minimum atomic E-state index is -0.648. The normalized spacial score (nSPS) is 19.5. The second-order valence-corrected chi connectivity index (χ2v) is 9.34. The molecule has 2 aliphatic heterocycles. The van der Waals surface area contributed by atoms with Gasteiger partial charge in [0.25, 0.3) is 11.8 Å². The lowest BCUT2D eigenvalue weighted by Crippen LogP contribution is -2.49. The zero-order valence-electron chi connectivity index (χ0n) is 20.2. The first-order chi connectivity index (χ1) is 17.0. The molecule has 0 bridgehead atoms. The number of carbonyl (C=O) groups is 3. The van der Waals surface area contributed by atoms with Crippen molar-refractivity contribution >= 4 is 23.4 Å². The molecule has 184 valence electrons. The van der Waals surface area contributed by atoms with Crippen LogP contribution in [0.15, 0.2) is 36.4 Å². The van der Waals surface area contributed by atoms with Gasteiger partial charge in [-0.3, -0.25) is 19.3 Å². The second kappa shape index (κ2) is 9.60. The Kier molecular flexibility index (Phi) is 6.36. The van der Waals surface area contributed by atoms with Gasteiger partial charge in [0.05, 0.1) is 31.0 Å². The molecule has 2 aromatic rings. The molecule has 3 aliphatic rings. The van der Waals surface area contributed by atoms with Gasteiger partial charge in [-0.25, -0.2) is 0 Å². The molecule has 1 N–H and O–H groups in total. The maximum atomic E-state index is 13.7. The van der Waals surface area contributed by atoms with Gasteiger partial charge in [-0.1, -0.05) is 43.9 Å². The molecule has 5 rings (SSSR count). The number of para-hydroxylation sites is 1. The van der Waals surface area contributed by atoms with Crippen LogP contribution in [0.4, 0.5) is 5.69 Å². The molecule has 8 nitrogen and oxygen atoms in total. The van der Waals surface area contributed by atoms with Crippen LogP contribution in [0.2, 0.25) is 0 Å². The third-order valence-electron chi connectivity index (χ3n) is 7.28. The van der Waals surface area contributed by atoms with Crippen molar-refractivity contribution in [3.63, 3.8) is 0 Å². The first-order valence-electron chi connectivity index (χ1n) is 12.3. The van der Waals surface area contributed by atoms with Crippen LogP contribution < -0.4 is 19.7 Å². The van der Waals surface area contributed by atoms with Crippen LogP contribution in [0.5, 0.6) is 11.5 Å². The smallest absolute Gasteiger partial charge is 0.264 e. The lowest BCUT2D eigenvalue weighted by atomic mass is 10.0. The minimum Gasteiger partial charge on any atom is -0.493 e. The molecule has 0 radical (unpaired) electrons. The van der Waals surface area contributed by atoms with Crippen LogP contribution in [-0.2, 0) is 4.79 Å². The Balaban J connectivity index is 1.46. The number of fused-ring (bicyclic) bond motifs is 5. The highest BCUT2D eigenvalue weighted by atomic mass is 16.5. The van der Waals surface area contributed by atoms with E-state index in [1.165, 1.54) is 27.1 Å². The molecule has 3 amide bonds. The molecule has 1 atom stereocenters. The Morgan fingerprint density at radius 3 is 2.43 bits per heavy atom. The van der Waals surface area contributed by atoms with Crippen molar-refractivity contribution in [1.29, 1.82) is 0 Å². The number of nitrogens with zero attached hydrogens (tertiary/aromatic N) is 2. The first kappa shape index (κ1) is 23.2. The van der Waals surface area contributed by atoms with Crippen LogP contribution in [0.3, 0.4) is 0 Å². The summed E-state index contributed by atoms with van der Waals surface area (Å²) in [6.07, 6.45) is 6.22. The van der Waals surface area contributed by atoms with Gasteiger partial charge in [-0.05, 0) is 31.0 Å². The summed E-state index contributed by atoms with van der Waals surface area (Å²) in [7, 11) is 3.02. The number of anilines is 1. The molecule has 1 aliphatic carbocycles. The summed E-state index contributed by atoms with van der Waals surface area (Å²) in [5.74, 6) is 0.286. The van der Waals surface area contributed by atoms with Gasteiger partial charge in [-0.2, -0.15) is 0 Å². The third-order valence-corrected chi connectivity index (χ3v) is 7.28. The van der Waals surface area contributed by atoms with Crippen LogP contribution in [0.25, 0.3) is 0 Å². The summed E-state index contributed by atoms with van der Waals surface area (Å²) in [5.41, 5.74) is 2.05. The highest BCUT2D eigenvalue weighted by Crippen LogP contribution is 2.49. The second-order valence-electron chi connectivity index (χ2n) is 9.34. The fourth-order valence-electron chi connectivity index (χ4n) is 5.60. The zero-order chi connectivity index (χ0) is 24.5. The molecule has 0 saturated heterocycles. The topological polar surface area (TPSA) is 88.2 Å². The summed E-state index contributed by atoms with van der Waals surface area (Å²) in [4.78, 5) is 43.4. The van der Waals surface area contributed by atoms with Crippen molar-refractivity contribution in [3.8, 4) is 11.5 Å². The Bertz CT molecular complexity index is 1160. The zero-order valence-corrected chi connectivity index (χ0v) is 20.2. The van der Waals surface area contributed by atoms with E-state index in [1.54, 1.807) is 40.1 Å². The average Bonchev–Trinajstić information content (AvgIpc) is 3.01. The third kappa shape index (κ3) is 4.00. The Morgan fingerprint density at radius 1 is 0.971 bits per heavy atom. The molecule has 2 aromatic carbocycles. The van der Waals surface area contributed by atoms with Crippen molar-refractivity contribution in [2.45, 2.75) is 57.2 Å². The van der Waals surface area contributed by atoms with Gasteiger partial charge >= 0.3 is 0 Å². The van der Waals surface area contributed by atoms with E-state index in [1.807, 2.05) is 6.07 Å². The average molecular weight is 478 g/mol. The van der Waals surface area contributed by atoms with Gasteiger partial charge < -0.3 is 19.7 Å². The van der Waals surface area contributed by atoms with E-state index < -0.39 is 6.17 Å². The summed E-state index contributed by atoms with van der Waals surface area (Å²) in [6.45, 7) is 0.202. The van der Waals surface area contributed by atoms with E-state index in [-0.39, 0.29) is 36.7 Å². The van der Waals surface area contributed by atoms with Crippen LogP contribution in [0, 0.1) is 0 Å². The molecule has 2 heterocycles. The number of rotatable bonds is 6. The Morgan fingerprint density at radius 2 is 1.71 bits per heavy atom. The lowest BCUT2D eigenvalue weighted by molar-refractivity contribution is -0.122. The number of nitrogens with one attached hydrogen (secondary N) is 1. The number of carbonyl (C=O) groups excluding carboxylic acids is 3. The molecule has 0 aromatic heterocycles. The minimum absolute atomic E-state index is 0.0630. The Hall–Kier alpha value is -3.55. The number of methoxy groups -OCH3 is 2. The molecular weight excluding hydrogens is 446 g/mol. The van der Waals surface area contributed by atoms with Gasteiger partial charge in [0.1, 0.15) is 6.17 Å². The fraction of sp³-hybridized carbons (Fsp3) is 0.444. The maximum Gasteiger partial charge on any atom is 0.264 e. The predicted molar refractivity (Wildman–Crippen MR) is 131 cm³/mol. The number of hydrogen-bond acceptors (Lipinski definition) is 5. The number of ether oxygens (including phenoxy) is 2. The molecule has 1 saturated carbocycles. The monoisotopic (exact) mass is 477 g/mol. The standard InChI is InChI=1S/C27H31N3O5/c1-34-21-14-13-19-23(24(21)35-2)27(33)30-20-12-8-7-11-18(20)26(32)29(25(19)30)16-15-22(31)28-17-9-5-3-4-6-10-17/h7-8,11-14,17,25H,3-6,9-10,15-16H2,1-2H3,(H,28,31)/t25-/m1/s1. The van der Waals surface area contributed by atoms with Crippen LogP contribution in [0.1, 0.15) is 77.4 Å². The van der Waals surface area contributed by atoms with E-state index in [2.05, 4.69) is 5.32 Å². The highest BCUT2D eigenvalue weighted by Gasteiger charge is 2.49. The molecule has 1 fully saturated rings. The van der Waals surface area contributed by atoms with E-state index in [0.29, 0.717) is 33.9 Å². The summed E-state index contributed by atoms with van der Waals surface area (Å²) in [6, 6.07) is 10.8. The quantitative estimate of drug-likeness (QED) is 0.635. The van der Waals surface area contributed by atoms with E-state index in [4.69, 9.17) is 9.47 Å². The summed E-state index contributed by atoms with van der Waals surface area (Å²) < 4.78 is 11.0. The van der Waals surface area contributed by atoms with Crippen molar-refractivity contribution < 1.29 is 23.9 Å². The number of amides is 3. The van der Waals surface area contributed by atoms with Crippen LogP contribution in [-0.4, -0.2) is 49.4 Å². The number of hydrogen-bond donors (Lipinski definition) is 1. The molecule has 0 unspecified atom stereocenters. The van der Waals surface area contributed by atoms with Crippen molar-refractivity contribution in [3.05, 3.63) is 53.1 Å². The van der Waals surface area contributed by atoms with Crippen molar-refractivity contribution in [1.82, 2.24) is 10.2 Å². The van der Waals surface area contributed by atoms with Gasteiger partial charge in [0.15, 0.2) is 11.5 Å². The van der Waals surface area contributed by atoms with E-state index in [9.17, 15) is 14.4 Å². The lowest BCUT2D eigenvalue weighted by Gasteiger charge is -2.40. The molecule has 8 heteroatoms.